The van der Waals surface area contributed by atoms with Crippen LogP contribution in [0.5, 0.6) is 0 Å². The third-order valence-electron chi connectivity index (χ3n) is 4.73. The van der Waals surface area contributed by atoms with Crippen LogP contribution in [0.15, 0.2) is 16.7 Å². The number of carbonyl (C=O) groups is 3. The standard InChI is InChI=1S/C19H30N4O4/c1-4-8-20-16(24)12-22(3)17(25)13-23-9-5-15(6-10-23)21-19(26)18-14(2)7-11-27-18/h7,11,15H,4-6,8-10,12-13H2,1-3H3,(H,20,24)(H,21,26). The molecule has 2 heterocycles. The lowest BCUT2D eigenvalue weighted by molar-refractivity contribution is -0.135. The molecule has 0 saturated carbocycles. The van der Waals surface area contributed by atoms with Crippen LogP contribution in [-0.4, -0.2) is 73.3 Å². The molecule has 1 aliphatic rings. The lowest BCUT2D eigenvalue weighted by Gasteiger charge is -2.32. The van der Waals surface area contributed by atoms with Crippen molar-refractivity contribution in [3.63, 3.8) is 0 Å². The van der Waals surface area contributed by atoms with Gasteiger partial charge >= 0.3 is 0 Å². The summed E-state index contributed by atoms with van der Waals surface area (Å²) in [5.74, 6) is -0.0434. The molecule has 1 aromatic heterocycles. The third kappa shape index (κ3) is 6.39. The first-order chi connectivity index (χ1) is 12.9. The lowest BCUT2D eigenvalue weighted by atomic mass is 10.0. The first kappa shape index (κ1) is 21.0. The number of furan rings is 1. The van der Waals surface area contributed by atoms with E-state index in [1.165, 1.54) is 11.2 Å². The van der Waals surface area contributed by atoms with Crippen molar-refractivity contribution in [1.82, 2.24) is 20.4 Å². The maximum absolute atomic E-state index is 12.3. The number of hydrogen-bond acceptors (Lipinski definition) is 5. The molecule has 0 atom stereocenters. The Hall–Kier alpha value is -2.35. The van der Waals surface area contributed by atoms with Gasteiger partial charge in [-0.15, -0.1) is 0 Å². The number of nitrogens with zero attached hydrogens (tertiary/aromatic N) is 2. The van der Waals surface area contributed by atoms with Gasteiger partial charge in [-0.3, -0.25) is 19.3 Å². The molecule has 3 amide bonds. The van der Waals surface area contributed by atoms with E-state index in [9.17, 15) is 14.4 Å². The summed E-state index contributed by atoms with van der Waals surface area (Å²) in [5.41, 5.74) is 0.821. The molecular formula is C19H30N4O4. The van der Waals surface area contributed by atoms with Crippen molar-refractivity contribution in [2.45, 2.75) is 39.2 Å². The number of rotatable bonds is 8. The van der Waals surface area contributed by atoms with E-state index in [-0.39, 0.29) is 36.9 Å². The van der Waals surface area contributed by atoms with Gasteiger partial charge in [-0.25, -0.2) is 0 Å². The quantitative estimate of drug-likeness (QED) is 0.697. The molecule has 27 heavy (non-hydrogen) atoms. The number of piperidine rings is 1. The first-order valence-electron chi connectivity index (χ1n) is 9.48. The van der Waals surface area contributed by atoms with E-state index in [2.05, 4.69) is 15.5 Å². The van der Waals surface area contributed by atoms with Gasteiger partial charge in [0.05, 0.1) is 19.4 Å². The van der Waals surface area contributed by atoms with E-state index < -0.39 is 0 Å². The summed E-state index contributed by atoms with van der Waals surface area (Å²) in [4.78, 5) is 39.7. The molecule has 8 heteroatoms. The topological polar surface area (TPSA) is 94.9 Å². The van der Waals surface area contributed by atoms with Gasteiger partial charge in [0.1, 0.15) is 0 Å². The Morgan fingerprint density at radius 1 is 1.30 bits per heavy atom. The largest absolute Gasteiger partial charge is 0.459 e. The highest BCUT2D eigenvalue weighted by Gasteiger charge is 2.25. The fraction of sp³-hybridized carbons (Fsp3) is 0.632. The first-order valence-corrected chi connectivity index (χ1v) is 9.48. The van der Waals surface area contributed by atoms with Crippen LogP contribution >= 0.6 is 0 Å². The van der Waals surface area contributed by atoms with E-state index in [0.29, 0.717) is 12.3 Å². The molecule has 0 aliphatic carbocycles. The van der Waals surface area contributed by atoms with Crippen molar-refractivity contribution in [1.29, 1.82) is 0 Å². The number of likely N-dealkylation sites (N-methyl/N-ethyl adjacent to an activating group) is 1. The Morgan fingerprint density at radius 3 is 2.59 bits per heavy atom. The second kappa shape index (κ2) is 10.1. The third-order valence-corrected chi connectivity index (χ3v) is 4.73. The minimum Gasteiger partial charge on any atom is -0.459 e. The maximum atomic E-state index is 12.3. The molecule has 150 valence electrons. The zero-order valence-electron chi connectivity index (χ0n) is 16.4. The normalized spacial score (nSPS) is 15.4. The van der Waals surface area contributed by atoms with Gasteiger partial charge in [-0.1, -0.05) is 6.92 Å². The summed E-state index contributed by atoms with van der Waals surface area (Å²) >= 11 is 0. The summed E-state index contributed by atoms with van der Waals surface area (Å²) in [6, 6.07) is 1.84. The van der Waals surface area contributed by atoms with Gasteiger partial charge in [-0.2, -0.15) is 0 Å². The SMILES string of the molecule is CCCNC(=O)CN(C)C(=O)CN1CCC(NC(=O)c2occc2C)CC1. The van der Waals surface area contributed by atoms with Crippen molar-refractivity contribution < 1.29 is 18.8 Å². The van der Waals surface area contributed by atoms with Gasteiger partial charge in [0.2, 0.25) is 11.8 Å². The predicted molar refractivity (Wildman–Crippen MR) is 101 cm³/mol. The minimum atomic E-state index is -0.190. The average Bonchev–Trinajstić information content (AvgIpc) is 3.07. The maximum Gasteiger partial charge on any atom is 0.287 e. The summed E-state index contributed by atoms with van der Waals surface area (Å²) < 4.78 is 5.22. The Morgan fingerprint density at radius 2 is 2.00 bits per heavy atom. The fourth-order valence-electron chi connectivity index (χ4n) is 3.03. The van der Waals surface area contributed by atoms with Gasteiger partial charge in [-0.05, 0) is 32.3 Å². The van der Waals surface area contributed by atoms with Gasteiger partial charge in [0, 0.05) is 38.3 Å². The Balaban J connectivity index is 1.70. The molecule has 0 aromatic carbocycles. The lowest BCUT2D eigenvalue weighted by Crippen LogP contribution is -2.48. The van der Waals surface area contributed by atoms with Crippen molar-refractivity contribution in [2.24, 2.45) is 0 Å². The van der Waals surface area contributed by atoms with Gasteiger partial charge in [0.25, 0.3) is 5.91 Å². The van der Waals surface area contributed by atoms with Crippen molar-refractivity contribution in [3.8, 4) is 0 Å². The van der Waals surface area contributed by atoms with Gasteiger partial charge in [0.15, 0.2) is 5.76 Å². The Kier molecular flexibility index (Phi) is 7.84. The van der Waals surface area contributed by atoms with Crippen LogP contribution in [0.2, 0.25) is 0 Å². The molecule has 8 nitrogen and oxygen atoms in total. The number of aryl methyl sites for hydroxylation is 1. The highest BCUT2D eigenvalue weighted by atomic mass is 16.3. The minimum absolute atomic E-state index is 0.0738. The Labute approximate surface area is 160 Å². The van der Waals surface area contributed by atoms with Crippen LogP contribution in [0.3, 0.4) is 0 Å². The number of carbonyl (C=O) groups excluding carboxylic acids is 3. The van der Waals surface area contributed by atoms with E-state index in [1.54, 1.807) is 13.1 Å². The molecule has 2 rings (SSSR count). The molecule has 0 unspecified atom stereocenters. The smallest absolute Gasteiger partial charge is 0.287 e. The number of nitrogens with one attached hydrogen (secondary N) is 2. The van der Waals surface area contributed by atoms with Crippen LogP contribution in [0.1, 0.15) is 42.3 Å². The van der Waals surface area contributed by atoms with E-state index in [4.69, 9.17) is 4.42 Å². The number of amides is 3. The molecule has 0 radical (unpaired) electrons. The van der Waals surface area contributed by atoms with Crippen molar-refractivity contribution in [3.05, 3.63) is 23.7 Å². The summed E-state index contributed by atoms with van der Waals surface area (Å²) in [6.45, 7) is 6.26. The predicted octanol–water partition coefficient (Wildman–Crippen LogP) is 0.767. The average molecular weight is 378 g/mol. The second-order valence-electron chi connectivity index (χ2n) is 7.06. The summed E-state index contributed by atoms with van der Waals surface area (Å²) in [6.07, 6.45) is 3.94. The van der Waals surface area contributed by atoms with Crippen molar-refractivity contribution >= 4 is 17.7 Å². The zero-order chi connectivity index (χ0) is 19.8. The molecular weight excluding hydrogens is 348 g/mol. The van der Waals surface area contributed by atoms with Crippen LogP contribution in [0.25, 0.3) is 0 Å². The van der Waals surface area contributed by atoms with E-state index in [1.807, 2.05) is 13.8 Å². The molecule has 0 bridgehead atoms. The molecule has 0 spiro atoms. The van der Waals surface area contributed by atoms with E-state index >= 15 is 0 Å². The highest BCUT2D eigenvalue weighted by Crippen LogP contribution is 2.13. The molecule has 1 aliphatic heterocycles. The number of likely N-dealkylation sites (tertiary alicyclic amines) is 1. The highest BCUT2D eigenvalue weighted by molar-refractivity contribution is 5.93. The van der Waals surface area contributed by atoms with Crippen LogP contribution in [0.4, 0.5) is 0 Å². The fourth-order valence-corrected chi connectivity index (χ4v) is 3.03. The van der Waals surface area contributed by atoms with Crippen LogP contribution in [-0.2, 0) is 9.59 Å². The molecule has 1 fully saturated rings. The summed E-state index contributed by atoms with van der Waals surface area (Å²) in [5, 5.41) is 5.76. The molecule has 1 aromatic rings. The van der Waals surface area contributed by atoms with Gasteiger partial charge < -0.3 is 20.0 Å². The van der Waals surface area contributed by atoms with E-state index in [0.717, 1.165) is 37.9 Å². The Bertz CT molecular complexity index is 650. The zero-order valence-corrected chi connectivity index (χ0v) is 16.4. The second-order valence-corrected chi connectivity index (χ2v) is 7.06. The molecule has 2 N–H and O–H groups in total. The number of hydrogen-bond donors (Lipinski definition) is 2. The summed E-state index contributed by atoms with van der Waals surface area (Å²) in [7, 11) is 1.65. The van der Waals surface area contributed by atoms with Crippen LogP contribution < -0.4 is 10.6 Å². The monoisotopic (exact) mass is 378 g/mol. The van der Waals surface area contributed by atoms with Crippen molar-refractivity contribution in [2.75, 3.05) is 39.8 Å². The molecule has 1 saturated heterocycles. The van der Waals surface area contributed by atoms with Crippen LogP contribution in [0, 0.1) is 6.92 Å².